The third-order valence-corrected chi connectivity index (χ3v) is 6.95. The molecule has 3 aliphatic carbocycles. The summed E-state index contributed by atoms with van der Waals surface area (Å²) in [6.45, 7) is 0. The zero-order valence-corrected chi connectivity index (χ0v) is 17.3. The van der Waals surface area contributed by atoms with E-state index in [1.54, 1.807) is 12.1 Å². The number of ether oxygens (including phenoxy) is 1. The number of carbonyl (C=O) groups excluding carboxylic acids is 2. The fourth-order valence-electron chi connectivity index (χ4n) is 5.67. The molecule has 1 fully saturated rings. The lowest BCUT2D eigenvalue weighted by molar-refractivity contribution is -0.139. The minimum absolute atomic E-state index is 0.0103. The zero-order chi connectivity index (χ0) is 22.0. The summed E-state index contributed by atoms with van der Waals surface area (Å²) in [4.78, 5) is 27.0. The molecule has 0 aromatic heterocycles. The van der Waals surface area contributed by atoms with Crippen molar-refractivity contribution in [3.63, 3.8) is 0 Å². The monoisotopic (exact) mass is 424 g/mol. The van der Waals surface area contributed by atoms with Crippen molar-refractivity contribution < 1.29 is 19.4 Å². The van der Waals surface area contributed by atoms with Gasteiger partial charge in [0.1, 0.15) is 0 Å². The Hall–Kier alpha value is -3.93. The molecule has 1 heterocycles. The van der Waals surface area contributed by atoms with Crippen molar-refractivity contribution in [1.29, 1.82) is 0 Å². The second kappa shape index (κ2) is 6.79. The topological polar surface area (TPSA) is 79.2 Å². The first kappa shape index (κ1) is 18.8. The Balaban J connectivity index is 1.42. The summed E-state index contributed by atoms with van der Waals surface area (Å²) in [6, 6.07) is 21.0. The second-order valence-electron chi connectivity index (χ2n) is 8.43. The predicted molar refractivity (Wildman–Crippen MR) is 118 cm³/mol. The molecule has 3 aromatic rings. The fraction of sp³-hybridized carbons (Fsp3) is 0.192. The van der Waals surface area contributed by atoms with Crippen LogP contribution in [0.1, 0.15) is 39.7 Å². The molecule has 7 rings (SSSR count). The average Bonchev–Trinajstić information content (AvgIpc) is 3.08. The molecule has 0 radical (unpaired) electrons. The molecule has 6 nitrogen and oxygen atoms in total. The number of carbonyl (C=O) groups is 2. The minimum atomic E-state index is -0.455. The zero-order valence-electron chi connectivity index (χ0n) is 17.3. The number of amides is 2. The van der Waals surface area contributed by atoms with Crippen molar-refractivity contribution in [1.82, 2.24) is 5.01 Å². The van der Waals surface area contributed by atoms with Gasteiger partial charge in [0.2, 0.25) is 0 Å². The summed E-state index contributed by atoms with van der Waals surface area (Å²) in [5.41, 5.74) is 5.14. The number of hydrogen-bond acceptors (Lipinski definition) is 5. The number of phenols is 1. The Kier molecular flexibility index (Phi) is 3.99. The summed E-state index contributed by atoms with van der Waals surface area (Å²) in [5, 5.41) is 15.1. The molecule has 2 bridgehead atoms. The van der Waals surface area contributed by atoms with Crippen LogP contribution in [0.5, 0.6) is 11.5 Å². The van der Waals surface area contributed by atoms with Crippen LogP contribution >= 0.6 is 0 Å². The first-order chi connectivity index (χ1) is 15.6. The van der Waals surface area contributed by atoms with Crippen molar-refractivity contribution in [2.75, 3.05) is 7.11 Å². The molecule has 0 spiro atoms. The van der Waals surface area contributed by atoms with E-state index in [1.165, 1.54) is 19.4 Å². The molecule has 32 heavy (non-hydrogen) atoms. The van der Waals surface area contributed by atoms with Crippen molar-refractivity contribution in [3.8, 4) is 11.5 Å². The van der Waals surface area contributed by atoms with Gasteiger partial charge in [-0.2, -0.15) is 10.1 Å². The van der Waals surface area contributed by atoms with E-state index in [0.29, 0.717) is 11.3 Å². The first-order valence-electron chi connectivity index (χ1n) is 10.6. The molecule has 3 aromatic carbocycles. The molecule has 2 atom stereocenters. The van der Waals surface area contributed by atoms with Crippen LogP contribution in [-0.2, 0) is 9.59 Å². The highest BCUT2D eigenvalue weighted by molar-refractivity contribution is 6.08. The number of benzene rings is 3. The van der Waals surface area contributed by atoms with Crippen LogP contribution in [0.4, 0.5) is 0 Å². The number of methoxy groups -OCH3 is 1. The van der Waals surface area contributed by atoms with E-state index in [-0.39, 0.29) is 29.4 Å². The SMILES string of the molecule is COc1cc(/C=N\N2C(=O)[C@@H]3C4c5ccccc5C(c5ccccc54)[C@@H]3C2=O)ccc1O. The lowest BCUT2D eigenvalue weighted by Crippen LogP contribution is -2.41. The summed E-state index contributed by atoms with van der Waals surface area (Å²) in [7, 11) is 1.46. The lowest BCUT2D eigenvalue weighted by Gasteiger charge is -2.45. The van der Waals surface area contributed by atoms with E-state index in [2.05, 4.69) is 29.4 Å². The maximum Gasteiger partial charge on any atom is 0.254 e. The van der Waals surface area contributed by atoms with Crippen LogP contribution in [0, 0.1) is 11.8 Å². The van der Waals surface area contributed by atoms with Gasteiger partial charge in [0, 0.05) is 11.8 Å². The maximum absolute atomic E-state index is 13.5. The highest BCUT2D eigenvalue weighted by Gasteiger charge is 2.61. The molecule has 1 N–H and O–H groups in total. The van der Waals surface area contributed by atoms with Gasteiger partial charge in [0.15, 0.2) is 11.5 Å². The number of aromatic hydroxyl groups is 1. The van der Waals surface area contributed by atoms with Gasteiger partial charge in [-0.25, -0.2) is 0 Å². The van der Waals surface area contributed by atoms with Gasteiger partial charge in [-0.3, -0.25) is 9.59 Å². The summed E-state index contributed by atoms with van der Waals surface area (Å²) < 4.78 is 5.13. The maximum atomic E-state index is 13.5. The standard InChI is InChI=1S/C26H20N2O4/c1-32-20-12-14(10-11-19(20)29)13-27-28-25(30)23-21-15-6-2-3-7-16(15)22(24(23)26(28)31)18-9-5-4-8-17(18)21/h2-13,21-24,29H,1H3/b27-13-/t21?,22?,23-,24+. The van der Waals surface area contributed by atoms with Crippen molar-refractivity contribution in [2.24, 2.45) is 16.9 Å². The number of nitrogens with zero attached hydrogens (tertiary/aromatic N) is 2. The molecule has 1 aliphatic heterocycles. The van der Waals surface area contributed by atoms with Crippen molar-refractivity contribution in [2.45, 2.75) is 11.8 Å². The summed E-state index contributed by atoms with van der Waals surface area (Å²) in [6.07, 6.45) is 1.46. The van der Waals surface area contributed by atoms with Crippen LogP contribution < -0.4 is 4.74 Å². The van der Waals surface area contributed by atoms with Gasteiger partial charge in [-0.05, 0) is 46.0 Å². The van der Waals surface area contributed by atoms with Crippen molar-refractivity contribution in [3.05, 3.63) is 94.5 Å². The number of hydrogen-bond donors (Lipinski definition) is 1. The third-order valence-electron chi connectivity index (χ3n) is 6.95. The van der Waals surface area contributed by atoms with E-state index in [1.807, 2.05) is 24.3 Å². The van der Waals surface area contributed by atoms with Gasteiger partial charge in [0.25, 0.3) is 11.8 Å². The van der Waals surface area contributed by atoms with Crippen LogP contribution in [0.3, 0.4) is 0 Å². The normalized spacial score (nSPS) is 25.1. The molecule has 0 unspecified atom stereocenters. The number of phenolic OH excluding ortho intramolecular Hbond substituents is 1. The third kappa shape index (κ3) is 2.43. The smallest absolute Gasteiger partial charge is 0.254 e. The number of hydrazone groups is 1. The molecule has 1 saturated heterocycles. The molecule has 2 amide bonds. The molecule has 4 aliphatic rings. The Labute approximate surface area is 184 Å². The van der Waals surface area contributed by atoms with E-state index >= 15 is 0 Å². The van der Waals surface area contributed by atoms with E-state index in [4.69, 9.17) is 4.74 Å². The fourth-order valence-corrected chi connectivity index (χ4v) is 5.67. The van der Waals surface area contributed by atoms with Gasteiger partial charge in [-0.1, -0.05) is 48.5 Å². The van der Waals surface area contributed by atoms with Gasteiger partial charge >= 0.3 is 0 Å². The largest absolute Gasteiger partial charge is 0.504 e. The minimum Gasteiger partial charge on any atom is -0.504 e. The molecule has 0 saturated carbocycles. The highest BCUT2D eigenvalue weighted by atomic mass is 16.5. The summed E-state index contributed by atoms with van der Waals surface area (Å²) >= 11 is 0. The molecule has 6 heteroatoms. The lowest BCUT2D eigenvalue weighted by atomic mass is 9.55. The predicted octanol–water partition coefficient (Wildman–Crippen LogP) is 3.63. The molecular weight excluding hydrogens is 404 g/mol. The van der Waals surface area contributed by atoms with Crippen LogP contribution in [-0.4, -0.2) is 35.3 Å². The van der Waals surface area contributed by atoms with Gasteiger partial charge < -0.3 is 9.84 Å². The Bertz CT molecular complexity index is 1200. The van der Waals surface area contributed by atoms with Crippen LogP contribution in [0.25, 0.3) is 0 Å². The van der Waals surface area contributed by atoms with Crippen LogP contribution in [0.2, 0.25) is 0 Å². The highest BCUT2D eigenvalue weighted by Crippen LogP contribution is 2.60. The Morgan fingerprint density at radius 3 is 1.81 bits per heavy atom. The van der Waals surface area contributed by atoms with Crippen LogP contribution in [0.15, 0.2) is 71.8 Å². The number of imide groups is 1. The second-order valence-corrected chi connectivity index (χ2v) is 8.43. The Morgan fingerprint density at radius 2 is 1.34 bits per heavy atom. The van der Waals surface area contributed by atoms with E-state index in [9.17, 15) is 14.7 Å². The molecular formula is C26H20N2O4. The first-order valence-corrected chi connectivity index (χ1v) is 10.6. The van der Waals surface area contributed by atoms with Gasteiger partial charge in [0.05, 0.1) is 25.2 Å². The number of rotatable bonds is 3. The van der Waals surface area contributed by atoms with Gasteiger partial charge in [-0.15, -0.1) is 0 Å². The average molecular weight is 424 g/mol. The quantitative estimate of drug-likeness (QED) is 0.514. The summed E-state index contributed by atoms with van der Waals surface area (Å²) in [5.74, 6) is -1.43. The molecule has 158 valence electrons. The Morgan fingerprint density at radius 1 is 0.844 bits per heavy atom. The van der Waals surface area contributed by atoms with E-state index in [0.717, 1.165) is 27.3 Å². The van der Waals surface area contributed by atoms with E-state index < -0.39 is 11.8 Å². The van der Waals surface area contributed by atoms with Crippen molar-refractivity contribution >= 4 is 18.0 Å².